The van der Waals surface area contributed by atoms with Gasteiger partial charge in [-0.1, -0.05) is 70.4 Å². The Balaban J connectivity index is 1.66. The maximum atomic E-state index is 6.67. The van der Waals surface area contributed by atoms with Crippen molar-refractivity contribution in [1.82, 2.24) is 0 Å². The predicted molar refractivity (Wildman–Crippen MR) is 111 cm³/mol. The van der Waals surface area contributed by atoms with E-state index in [4.69, 9.17) is 9.31 Å². The van der Waals surface area contributed by atoms with Gasteiger partial charge in [0.2, 0.25) is 0 Å². The van der Waals surface area contributed by atoms with E-state index in [0.717, 1.165) is 11.8 Å². The molecule has 0 aromatic carbocycles. The number of rotatable bonds is 7. The topological polar surface area (TPSA) is 18.5 Å². The molecular formula is C23H41BO2. The zero-order chi connectivity index (χ0) is 18.4. The zero-order valence-corrected chi connectivity index (χ0v) is 17.6. The standard InChI is InChI=1S/C23H41BO2/c1-4-5-12-18(2)17-19(3)24-25-22(20-13-8-6-9-14-20)23(26-24)21-15-10-7-11-16-21/h17,19-23H,4-16H2,1-3H3/b18-17-/t19-,22-,23-/m0/s1. The van der Waals surface area contributed by atoms with Crippen LogP contribution < -0.4 is 0 Å². The summed E-state index contributed by atoms with van der Waals surface area (Å²) < 4.78 is 13.3. The molecule has 3 heteroatoms. The monoisotopic (exact) mass is 360 g/mol. The van der Waals surface area contributed by atoms with Crippen molar-refractivity contribution in [2.75, 3.05) is 0 Å². The van der Waals surface area contributed by atoms with E-state index in [-0.39, 0.29) is 7.12 Å². The van der Waals surface area contributed by atoms with Crippen molar-refractivity contribution < 1.29 is 9.31 Å². The molecule has 2 saturated carbocycles. The largest absolute Gasteiger partial charge is 0.464 e. The lowest BCUT2D eigenvalue weighted by Crippen LogP contribution is -2.38. The van der Waals surface area contributed by atoms with Crippen LogP contribution >= 0.6 is 0 Å². The number of hydrogen-bond donors (Lipinski definition) is 0. The molecule has 0 bridgehead atoms. The first-order valence-electron chi connectivity index (χ1n) is 11.7. The summed E-state index contributed by atoms with van der Waals surface area (Å²) in [6.07, 6.45) is 20.7. The van der Waals surface area contributed by atoms with Crippen molar-refractivity contribution in [3.05, 3.63) is 11.6 Å². The maximum absolute atomic E-state index is 6.67. The second-order valence-electron chi connectivity index (χ2n) is 9.34. The normalized spacial score (nSPS) is 30.7. The summed E-state index contributed by atoms with van der Waals surface area (Å²) in [6.45, 7) is 6.84. The molecule has 3 atom stereocenters. The molecule has 0 radical (unpaired) electrons. The summed E-state index contributed by atoms with van der Waals surface area (Å²) in [6, 6.07) is 0. The van der Waals surface area contributed by atoms with Gasteiger partial charge in [-0.2, -0.15) is 0 Å². The van der Waals surface area contributed by atoms with Crippen LogP contribution in [0.15, 0.2) is 11.6 Å². The summed E-state index contributed by atoms with van der Waals surface area (Å²) in [5, 5.41) is 0. The molecule has 0 amide bonds. The molecule has 0 aromatic rings. The minimum atomic E-state index is -0.0228. The van der Waals surface area contributed by atoms with Gasteiger partial charge in [-0.15, -0.1) is 0 Å². The van der Waals surface area contributed by atoms with E-state index < -0.39 is 0 Å². The third-order valence-electron chi connectivity index (χ3n) is 7.04. The zero-order valence-electron chi connectivity index (χ0n) is 17.6. The van der Waals surface area contributed by atoms with E-state index in [2.05, 4.69) is 26.8 Å². The summed E-state index contributed by atoms with van der Waals surface area (Å²) in [5.41, 5.74) is 1.50. The number of allylic oxidation sites excluding steroid dienone is 2. The molecule has 1 aliphatic heterocycles. The van der Waals surface area contributed by atoms with Gasteiger partial charge in [-0.3, -0.25) is 0 Å². The first-order valence-corrected chi connectivity index (χ1v) is 11.7. The van der Waals surface area contributed by atoms with Crippen molar-refractivity contribution in [2.45, 2.75) is 122 Å². The second-order valence-corrected chi connectivity index (χ2v) is 9.34. The molecule has 3 fully saturated rings. The molecule has 1 heterocycles. The van der Waals surface area contributed by atoms with Gasteiger partial charge in [0.25, 0.3) is 0 Å². The Labute approximate surface area is 162 Å². The molecule has 1 saturated heterocycles. The van der Waals surface area contributed by atoms with Gasteiger partial charge < -0.3 is 9.31 Å². The van der Waals surface area contributed by atoms with Crippen LogP contribution in [-0.2, 0) is 9.31 Å². The van der Waals surface area contributed by atoms with Crippen molar-refractivity contribution >= 4 is 7.12 Å². The average molecular weight is 360 g/mol. The van der Waals surface area contributed by atoms with Crippen LogP contribution in [0.4, 0.5) is 0 Å². The minimum Gasteiger partial charge on any atom is -0.405 e. The molecule has 0 aromatic heterocycles. The Morgan fingerprint density at radius 1 is 0.923 bits per heavy atom. The highest BCUT2D eigenvalue weighted by Gasteiger charge is 2.48. The van der Waals surface area contributed by atoms with Crippen LogP contribution in [0.3, 0.4) is 0 Å². The second kappa shape index (κ2) is 10.3. The van der Waals surface area contributed by atoms with Gasteiger partial charge in [-0.25, -0.2) is 0 Å². The lowest BCUT2D eigenvalue weighted by atomic mass is 9.72. The number of hydrogen-bond acceptors (Lipinski definition) is 2. The summed E-state index contributed by atoms with van der Waals surface area (Å²) >= 11 is 0. The van der Waals surface area contributed by atoms with E-state index in [9.17, 15) is 0 Å². The van der Waals surface area contributed by atoms with Crippen LogP contribution in [0.1, 0.15) is 104 Å². The van der Waals surface area contributed by atoms with Gasteiger partial charge in [0.15, 0.2) is 0 Å². The fourth-order valence-electron chi connectivity index (χ4n) is 5.49. The summed E-state index contributed by atoms with van der Waals surface area (Å²) in [7, 11) is -0.0228. The quantitative estimate of drug-likeness (QED) is 0.361. The lowest BCUT2D eigenvalue weighted by molar-refractivity contribution is 0.0324. The molecule has 26 heavy (non-hydrogen) atoms. The van der Waals surface area contributed by atoms with Crippen LogP contribution in [0.25, 0.3) is 0 Å². The van der Waals surface area contributed by atoms with Crippen LogP contribution in [0.5, 0.6) is 0 Å². The van der Waals surface area contributed by atoms with Crippen molar-refractivity contribution in [3.8, 4) is 0 Å². The van der Waals surface area contributed by atoms with Gasteiger partial charge in [-0.05, 0) is 57.3 Å². The van der Waals surface area contributed by atoms with Crippen molar-refractivity contribution in [3.63, 3.8) is 0 Å². The van der Waals surface area contributed by atoms with Crippen molar-refractivity contribution in [2.24, 2.45) is 11.8 Å². The summed E-state index contributed by atoms with van der Waals surface area (Å²) in [5.74, 6) is 1.84. The van der Waals surface area contributed by atoms with Crippen LogP contribution in [-0.4, -0.2) is 19.3 Å². The number of unbranched alkanes of at least 4 members (excludes halogenated alkanes) is 1. The summed E-state index contributed by atoms with van der Waals surface area (Å²) in [4.78, 5) is 0. The highest BCUT2D eigenvalue weighted by molar-refractivity contribution is 6.47. The predicted octanol–water partition coefficient (Wildman–Crippen LogP) is 6.95. The molecule has 2 aliphatic carbocycles. The van der Waals surface area contributed by atoms with E-state index in [1.165, 1.54) is 89.0 Å². The minimum absolute atomic E-state index is 0.0228. The molecule has 0 spiro atoms. The van der Waals surface area contributed by atoms with Crippen LogP contribution in [0.2, 0.25) is 5.82 Å². The molecule has 148 valence electrons. The SMILES string of the molecule is CCCC/C(C)=C\[C@H](C)B1O[C@@H](C2CCCCC2)[C@H](C2CCCCC2)O1. The molecule has 0 N–H and O–H groups in total. The first kappa shape index (κ1) is 20.5. The van der Waals surface area contributed by atoms with Crippen molar-refractivity contribution in [1.29, 1.82) is 0 Å². The Kier molecular flexibility index (Phi) is 8.12. The van der Waals surface area contributed by atoms with Gasteiger partial charge in [0, 0.05) is 5.82 Å². The molecule has 3 rings (SSSR count). The Bertz CT molecular complexity index is 411. The van der Waals surface area contributed by atoms with E-state index >= 15 is 0 Å². The maximum Gasteiger partial charge on any atom is 0.464 e. The highest BCUT2D eigenvalue weighted by Crippen LogP contribution is 2.42. The molecule has 3 aliphatic rings. The first-order chi connectivity index (χ1) is 12.7. The fourth-order valence-corrected chi connectivity index (χ4v) is 5.49. The van der Waals surface area contributed by atoms with E-state index in [1.54, 1.807) is 0 Å². The van der Waals surface area contributed by atoms with Gasteiger partial charge in [0.05, 0.1) is 12.2 Å². The highest BCUT2D eigenvalue weighted by atomic mass is 16.7. The Hall–Kier alpha value is -0.275. The molecule has 0 unspecified atom stereocenters. The Morgan fingerprint density at radius 3 is 1.88 bits per heavy atom. The third-order valence-corrected chi connectivity index (χ3v) is 7.04. The molecular weight excluding hydrogens is 319 g/mol. The van der Waals surface area contributed by atoms with Gasteiger partial charge in [0.1, 0.15) is 0 Å². The smallest absolute Gasteiger partial charge is 0.405 e. The van der Waals surface area contributed by atoms with Gasteiger partial charge >= 0.3 is 7.12 Å². The fraction of sp³-hybridized carbons (Fsp3) is 0.913. The average Bonchev–Trinajstić information content (AvgIpc) is 3.13. The lowest BCUT2D eigenvalue weighted by Gasteiger charge is -2.35. The molecule has 2 nitrogen and oxygen atoms in total. The van der Waals surface area contributed by atoms with Crippen LogP contribution in [0, 0.1) is 11.8 Å². The third kappa shape index (κ3) is 5.38. The van der Waals surface area contributed by atoms with E-state index in [1.807, 2.05) is 0 Å². The van der Waals surface area contributed by atoms with E-state index in [0.29, 0.717) is 18.0 Å². The Morgan fingerprint density at radius 2 is 1.42 bits per heavy atom.